The molecule has 20 heavy (non-hydrogen) atoms. The Hall–Kier alpha value is -1.52. The summed E-state index contributed by atoms with van der Waals surface area (Å²) in [5.41, 5.74) is 1.22. The number of halogens is 4. The van der Waals surface area contributed by atoms with Crippen LogP contribution in [0.15, 0.2) is 36.4 Å². The van der Waals surface area contributed by atoms with Crippen molar-refractivity contribution in [2.24, 2.45) is 0 Å². The summed E-state index contributed by atoms with van der Waals surface area (Å²) in [7, 11) is 0. The van der Waals surface area contributed by atoms with Gasteiger partial charge in [-0.25, -0.2) is 13.2 Å². The molecule has 0 bridgehead atoms. The van der Waals surface area contributed by atoms with Gasteiger partial charge < -0.3 is 5.32 Å². The van der Waals surface area contributed by atoms with Crippen LogP contribution in [0, 0.1) is 17.5 Å². The molecule has 0 amide bonds. The molecular formula is C15H13ClF3N. The minimum atomic E-state index is -1.45. The Morgan fingerprint density at radius 1 is 1.10 bits per heavy atom. The van der Waals surface area contributed by atoms with Gasteiger partial charge in [-0.3, -0.25) is 0 Å². The van der Waals surface area contributed by atoms with Gasteiger partial charge in [-0.15, -0.1) is 0 Å². The Bertz CT molecular complexity index is 593. The highest BCUT2D eigenvalue weighted by atomic mass is 35.5. The van der Waals surface area contributed by atoms with Crippen molar-refractivity contribution in [1.82, 2.24) is 5.32 Å². The third kappa shape index (κ3) is 3.32. The van der Waals surface area contributed by atoms with Crippen LogP contribution in [0.2, 0.25) is 5.02 Å². The highest BCUT2D eigenvalue weighted by Crippen LogP contribution is 2.22. The summed E-state index contributed by atoms with van der Waals surface area (Å²) in [6.45, 7) is 2.10. The van der Waals surface area contributed by atoms with E-state index in [0.717, 1.165) is 17.7 Å². The molecule has 1 N–H and O–H groups in total. The average molecular weight is 300 g/mol. The van der Waals surface area contributed by atoms with Gasteiger partial charge in [0, 0.05) is 17.6 Å². The van der Waals surface area contributed by atoms with Gasteiger partial charge in [-0.2, -0.15) is 0 Å². The summed E-state index contributed by atoms with van der Waals surface area (Å²) in [4.78, 5) is 0. The largest absolute Gasteiger partial charge is 0.306 e. The zero-order valence-corrected chi connectivity index (χ0v) is 11.5. The zero-order chi connectivity index (χ0) is 14.7. The standard InChI is InChI=1S/C15H13ClF3N/c1-9(11-4-2-3-5-12(11)16)20-8-10-6-13(17)15(19)14(18)7-10/h2-7,9,20H,8H2,1H3. The van der Waals surface area contributed by atoms with Gasteiger partial charge in [0.1, 0.15) is 0 Å². The lowest BCUT2D eigenvalue weighted by atomic mass is 10.1. The van der Waals surface area contributed by atoms with Gasteiger partial charge in [-0.05, 0) is 36.2 Å². The van der Waals surface area contributed by atoms with E-state index < -0.39 is 17.5 Å². The molecule has 0 radical (unpaired) electrons. The summed E-state index contributed by atoms with van der Waals surface area (Å²) in [6, 6.07) is 9.17. The first kappa shape index (κ1) is 14.9. The molecule has 0 saturated carbocycles. The predicted octanol–water partition coefficient (Wildman–Crippen LogP) is 4.61. The van der Waals surface area contributed by atoms with E-state index in [1.54, 1.807) is 6.07 Å². The van der Waals surface area contributed by atoms with Crippen molar-refractivity contribution in [3.8, 4) is 0 Å². The summed E-state index contributed by atoms with van der Waals surface area (Å²) in [5, 5.41) is 3.70. The molecule has 0 aliphatic carbocycles. The second kappa shape index (κ2) is 6.29. The Kier molecular flexibility index (Phi) is 4.68. The van der Waals surface area contributed by atoms with Crippen molar-refractivity contribution in [1.29, 1.82) is 0 Å². The number of nitrogens with one attached hydrogen (secondary N) is 1. The fraction of sp³-hybridized carbons (Fsp3) is 0.200. The Balaban J connectivity index is 2.07. The molecule has 0 aliphatic rings. The summed E-state index contributed by atoms with van der Waals surface area (Å²) < 4.78 is 39.0. The maximum absolute atomic E-state index is 13.1. The third-order valence-corrected chi connectivity index (χ3v) is 3.37. The maximum Gasteiger partial charge on any atom is 0.194 e. The molecule has 5 heteroatoms. The topological polar surface area (TPSA) is 12.0 Å². The van der Waals surface area contributed by atoms with Crippen molar-refractivity contribution in [2.45, 2.75) is 19.5 Å². The zero-order valence-electron chi connectivity index (χ0n) is 10.8. The fourth-order valence-electron chi connectivity index (χ4n) is 1.92. The van der Waals surface area contributed by atoms with Crippen LogP contribution in [-0.4, -0.2) is 0 Å². The fourth-order valence-corrected chi connectivity index (χ4v) is 2.22. The van der Waals surface area contributed by atoms with Crippen LogP contribution in [-0.2, 0) is 6.54 Å². The average Bonchev–Trinajstić information content (AvgIpc) is 2.42. The Morgan fingerprint density at radius 3 is 2.30 bits per heavy atom. The molecule has 0 aromatic heterocycles. The van der Waals surface area contributed by atoms with Gasteiger partial charge in [-0.1, -0.05) is 29.8 Å². The Morgan fingerprint density at radius 2 is 1.70 bits per heavy atom. The monoisotopic (exact) mass is 299 g/mol. The minimum absolute atomic E-state index is 0.0973. The van der Waals surface area contributed by atoms with E-state index in [1.165, 1.54) is 0 Å². The van der Waals surface area contributed by atoms with Crippen LogP contribution in [0.4, 0.5) is 13.2 Å². The number of benzene rings is 2. The lowest BCUT2D eigenvalue weighted by molar-refractivity contribution is 0.443. The van der Waals surface area contributed by atoms with Crippen molar-refractivity contribution in [3.63, 3.8) is 0 Å². The third-order valence-electron chi connectivity index (χ3n) is 3.03. The van der Waals surface area contributed by atoms with Crippen molar-refractivity contribution in [2.75, 3.05) is 0 Å². The minimum Gasteiger partial charge on any atom is -0.306 e. The van der Waals surface area contributed by atoms with E-state index in [1.807, 2.05) is 25.1 Å². The molecule has 2 aromatic carbocycles. The van der Waals surface area contributed by atoms with Gasteiger partial charge in [0.25, 0.3) is 0 Å². The van der Waals surface area contributed by atoms with Crippen LogP contribution in [0.25, 0.3) is 0 Å². The van der Waals surface area contributed by atoms with Gasteiger partial charge in [0.05, 0.1) is 0 Å². The lowest BCUT2D eigenvalue weighted by Crippen LogP contribution is -2.18. The van der Waals surface area contributed by atoms with Crippen LogP contribution in [0.3, 0.4) is 0 Å². The van der Waals surface area contributed by atoms with Crippen LogP contribution in [0.1, 0.15) is 24.1 Å². The quantitative estimate of drug-likeness (QED) is 0.813. The van der Waals surface area contributed by atoms with Crippen molar-refractivity contribution >= 4 is 11.6 Å². The van der Waals surface area contributed by atoms with E-state index in [4.69, 9.17) is 11.6 Å². The lowest BCUT2D eigenvalue weighted by Gasteiger charge is -2.16. The van der Waals surface area contributed by atoms with E-state index in [9.17, 15) is 13.2 Å². The molecule has 0 spiro atoms. The van der Waals surface area contributed by atoms with E-state index >= 15 is 0 Å². The molecule has 2 aromatic rings. The highest BCUT2D eigenvalue weighted by Gasteiger charge is 2.12. The van der Waals surface area contributed by atoms with Gasteiger partial charge in [0.15, 0.2) is 17.5 Å². The van der Waals surface area contributed by atoms with Crippen LogP contribution >= 0.6 is 11.6 Å². The normalized spacial score (nSPS) is 12.4. The summed E-state index contributed by atoms with van der Waals surface area (Å²) in [5.74, 6) is -3.83. The molecule has 0 saturated heterocycles. The molecule has 0 fully saturated rings. The second-order valence-corrected chi connectivity index (χ2v) is 4.90. The van der Waals surface area contributed by atoms with E-state index in [2.05, 4.69) is 5.32 Å². The van der Waals surface area contributed by atoms with E-state index in [0.29, 0.717) is 10.6 Å². The van der Waals surface area contributed by atoms with Gasteiger partial charge in [0.2, 0.25) is 0 Å². The van der Waals surface area contributed by atoms with Gasteiger partial charge >= 0.3 is 0 Å². The molecule has 1 unspecified atom stereocenters. The Labute approximate surface area is 120 Å². The first-order valence-corrected chi connectivity index (χ1v) is 6.48. The summed E-state index contributed by atoms with van der Waals surface area (Å²) in [6.07, 6.45) is 0. The van der Waals surface area contributed by atoms with E-state index in [-0.39, 0.29) is 12.6 Å². The maximum atomic E-state index is 13.1. The first-order chi connectivity index (χ1) is 9.49. The second-order valence-electron chi connectivity index (χ2n) is 4.50. The summed E-state index contributed by atoms with van der Waals surface area (Å²) >= 11 is 6.06. The van der Waals surface area contributed by atoms with Crippen molar-refractivity contribution < 1.29 is 13.2 Å². The molecular weight excluding hydrogens is 287 g/mol. The number of hydrogen-bond acceptors (Lipinski definition) is 1. The molecule has 2 rings (SSSR count). The number of rotatable bonds is 4. The smallest absolute Gasteiger partial charge is 0.194 e. The molecule has 106 valence electrons. The molecule has 0 aliphatic heterocycles. The van der Waals surface area contributed by atoms with Crippen molar-refractivity contribution in [3.05, 3.63) is 70.0 Å². The SMILES string of the molecule is CC(NCc1cc(F)c(F)c(F)c1)c1ccccc1Cl. The molecule has 1 atom stereocenters. The highest BCUT2D eigenvalue weighted by molar-refractivity contribution is 6.31. The van der Waals surface area contributed by atoms with Crippen LogP contribution in [0.5, 0.6) is 0 Å². The number of hydrogen-bond donors (Lipinski definition) is 1. The first-order valence-electron chi connectivity index (χ1n) is 6.10. The molecule has 0 heterocycles. The predicted molar refractivity (Wildman–Crippen MR) is 73.0 cm³/mol. The van der Waals surface area contributed by atoms with Crippen LogP contribution < -0.4 is 5.32 Å². The molecule has 1 nitrogen and oxygen atoms in total.